The van der Waals surface area contributed by atoms with Crippen LogP contribution in [0.2, 0.25) is 0 Å². The number of hydrogen-bond donors (Lipinski definition) is 4. The Morgan fingerprint density at radius 2 is 2.16 bits per heavy atom. The number of amides is 2. The summed E-state index contributed by atoms with van der Waals surface area (Å²) in [5, 5.41) is 11.9. The highest BCUT2D eigenvalue weighted by Crippen LogP contribution is 2.21. The number of nitrogens with two attached hydrogens (primary N) is 1. The molecule has 0 atom stereocenters. The normalized spacial score (nSPS) is 14.5. The summed E-state index contributed by atoms with van der Waals surface area (Å²) in [6.07, 6.45) is 2.04. The summed E-state index contributed by atoms with van der Waals surface area (Å²) in [5.41, 5.74) is 7.06. The second kappa shape index (κ2) is 5.29. The van der Waals surface area contributed by atoms with Gasteiger partial charge in [-0.2, -0.15) is 5.10 Å². The van der Waals surface area contributed by atoms with E-state index in [1.54, 1.807) is 0 Å². The number of carbonyl (C=O) groups is 2. The molecule has 7 heteroatoms. The van der Waals surface area contributed by atoms with Crippen molar-refractivity contribution in [2.24, 2.45) is 0 Å². The summed E-state index contributed by atoms with van der Waals surface area (Å²) in [7, 11) is 0. The molecule has 1 saturated carbocycles. The molecule has 1 aromatic rings. The zero-order chi connectivity index (χ0) is 14.0. The van der Waals surface area contributed by atoms with Crippen molar-refractivity contribution in [3.05, 3.63) is 11.4 Å². The summed E-state index contributed by atoms with van der Waals surface area (Å²) < 4.78 is 0. The molecule has 1 aromatic heterocycles. The highest BCUT2D eigenvalue weighted by molar-refractivity contribution is 5.99. The molecular weight excluding hydrogens is 246 g/mol. The molecule has 0 radical (unpaired) electrons. The molecule has 19 heavy (non-hydrogen) atoms. The minimum Gasteiger partial charge on any atom is -0.395 e. The van der Waals surface area contributed by atoms with Crippen LogP contribution in [0.1, 0.15) is 48.8 Å². The van der Waals surface area contributed by atoms with E-state index in [4.69, 9.17) is 5.73 Å². The van der Waals surface area contributed by atoms with Crippen LogP contribution in [-0.2, 0) is 4.79 Å². The second-order valence-electron chi connectivity index (χ2n) is 5.08. The van der Waals surface area contributed by atoms with E-state index in [9.17, 15) is 9.59 Å². The number of H-pyrrole nitrogens is 1. The van der Waals surface area contributed by atoms with Crippen LogP contribution in [0.15, 0.2) is 0 Å². The van der Waals surface area contributed by atoms with Crippen molar-refractivity contribution in [3.8, 4) is 0 Å². The lowest BCUT2D eigenvalue weighted by atomic mass is 10.1. The van der Waals surface area contributed by atoms with Crippen molar-refractivity contribution < 1.29 is 9.59 Å². The third-order valence-electron chi connectivity index (χ3n) is 2.98. The van der Waals surface area contributed by atoms with Gasteiger partial charge in [-0.3, -0.25) is 14.7 Å². The monoisotopic (exact) mass is 265 g/mol. The van der Waals surface area contributed by atoms with Crippen molar-refractivity contribution >= 4 is 17.5 Å². The first-order chi connectivity index (χ1) is 8.99. The highest BCUT2D eigenvalue weighted by atomic mass is 16.2. The van der Waals surface area contributed by atoms with Gasteiger partial charge in [0.25, 0.3) is 5.91 Å². The van der Waals surface area contributed by atoms with Crippen LogP contribution >= 0.6 is 0 Å². The molecule has 0 aliphatic heterocycles. The van der Waals surface area contributed by atoms with E-state index in [0.29, 0.717) is 5.69 Å². The van der Waals surface area contributed by atoms with Gasteiger partial charge in [0, 0.05) is 6.04 Å². The van der Waals surface area contributed by atoms with Crippen LogP contribution in [0.4, 0.5) is 5.69 Å². The lowest BCUT2D eigenvalue weighted by Crippen LogP contribution is -2.38. The van der Waals surface area contributed by atoms with Crippen molar-refractivity contribution in [1.29, 1.82) is 0 Å². The van der Waals surface area contributed by atoms with Crippen molar-refractivity contribution in [2.45, 2.75) is 38.6 Å². The Kier molecular flexibility index (Phi) is 3.73. The SMILES string of the molecule is CC(C)c1[nH]nc(C(=O)NCC(=O)NC2CC2)c1N. The average molecular weight is 265 g/mol. The number of hydrogen-bond acceptors (Lipinski definition) is 4. The number of carbonyl (C=O) groups excluding carboxylic acids is 2. The quantitative estimate of drug-likeness (QED) is 0.605. The maximum atomic E-state index is 11.9. The average Bonchev–Trinajstić information content (AvgIpc) is 3.06. The van der Waals surface area contributed by atoms with Gasteiger partial charge in [0.05, 0.1) is 17.9 Å². The molecule has 0 bridgehead atoms. The molecule has 1 heterocycles. The number of nitrogens with one attached hydrogen (secondary N) is 3. The van der Waals surface area contributed by atoms with E-state index in [1.807, 2.05) is 13.8 Å². The van der Waals surface area contributed by atoms with Gasteiger partial charge in [-0.15, -0.1) is 0 Å². The third kappa shape index (κ3) is 3.24. The molecule has 0 spiro atoms. The molecule has 0 saturated heterocycles. The number of anilines is 1. The first kappa shape index (κ1) is 13.4. The van der Waals surface area contributed by atoms with Gasteiger partial charge in [-0.05, 0) is 18.8 Å². The van der Waals surface area contributed by atoms with E-state index in [-0.39, 0.29) is 30.1 Å². The minimum absolute atomic E-state index is 0.0569. The van der Waals surface area contributed by atoms with E-state index in [2.05, 4.69) is 20.8 Å². The number of nitrogens with zero attached hydrogens (tertiary/aromatic N) is 1. The Hall–Kier alpha value is -2.05. The molecule has 7 nitrogen and oxygen atoms in total. The van der Waals surface area contributed by atoms with Crippen LogP contribution in [0.25, 0.3) is 0 Å². The Morgan fingerprint density at radius 3 is 2.68 bits per heavy atom. The van der Waals surface area contributed by atoms with Crippen LogP contribution in [0.5, 0.6) is 0 Å². The van der Waals surface area contributed by atoms with Gasteiger partial charge in [-0.25, -0.2) is 0 Å². The summed E-state index contributed by atoms with van der Waals surface area (Å²) in [6, 6.07) is 0.285. The van der Waals surface area contributed by atoms with Gasteiger partial charge >= 0.3 is 0 Å². The zero-order valence-corrected chi connectivity index (χ0v) is 11.1. The van der Waals surface area contributed by atoms with E-state index in [0.717, 1.165) is 18.5 Å². The molecule has 0 unspecified atom stereocenters. The Balaban J connectivity index is 1.90. The molecule has 1 aliphatic carbocycles. The highest BCUT2D eigenvalue weighted by Gasteiger charge is 2.24. The smallest absolute Gasteiger partial charge is 0.274 e. The van der Waals surface area contributed by atoms with E-state index in [1.165, 1.54) is 0 Å². The number of aromatic amines is 1. The molecule has 2 amide bonds. The van der Waals surface area contributed by atoms with Gasteiger partial charge in [0.1, 0.15) is 0 Å². The molecule has 1 aliphatic rings. The fourth-order valence-corrected chi connectivity index (χ4v) is 1.73. The molecule has 2 rings (SSSR count). The van der Waals surface area contributed by atoms with Gasteiger partial charge in [0.2, 0.25) is 5.91 Å². The maximum absolute atomic E-state index is 11.9. The first-order valence-corrected chi connectivity index (χ1v) is 6.40. The van der Waals surface area contributed by atoms with E-state index < -0.39 is 5.91 Å². The topological polar surface area (TPSA) is 113 Å². The molecule has 5 N–H and O–H groups in total. The lowest BCUT2D eigenvalue weighted by Gasteiger charge is -2.05. The van der Waals surface area contributed by atoms with Crippen molar-refractivity contribution in [1.82, 2.24) is 20.8 Å². The molecule has 104 valence electrons. The van der Waals surface area contributed by atoms with Crippen molar-refractivity contribution in [3.63, 3.8) is 0 Å². The van der Waals surface area contributed by atoms with Gasteiger partial charge in [-0.1, -0.05) is 13.8 Å². The number of rotatable bonds is 5. The molecular formula is C12H19N5O2. The zero-order valence-electron chi connectivity index (χ0n) is 11.1. The third-order valence-corrected chi connectivity index (χ3v) is 2.98. The maximum Gasteiger partial charge on any atom is 0.274 e. The Labute approximate surface area is 111 Å². The lowest BCUT2D eigenvalue weighted by molar-refractivity contribution is -0.120. The Morgan fingerprint density at radius 1 is 1.47 bits per heavy atom. The van der Waals surface area contributed by atoms with E-state index >= 15 is 0 Å². The fraction of sp³-hybridized carbons (Fsp3) is 0.583. The molecule has 1 fully saturated rings. The van der Waals surface area contributed by atoms with Crippen LogP contribution < -0.4 is 16.4 Å². The van der Waals surface area contributed by atoms with Gasteiger partial charge < -0.3 is 16.4 Å². The van der Waals surface area contributed by atoms with Gasteiger partial charge in [0.15, 0.2) is 5.69 Å². The Bertz CT molecular complexity index is 490. The number of nitrogen functional groups attached to an aromatic ring is 1. The minimum atomic E-state index is -0.438. The largest absolute Gasteiger partial charge is 0.395 e. The summed E-state index contributed by atoms with van der Waals surface area (Å²) >= 11 is 0. The predicted octanol–water partition coefficient (Wildman–Crippen LogP) is 0.124. The predicted molar refractivity (Wildman–Crippen MR) is 70.6 cm³/mol. The standard InChI is InChI=1S/C12H19N5O2/c1-6(2)10-9(13)11(17-16-10)12(19)14-5-8(18)15-7-3-4-7/h6-7H,3-5,13H2,1-2H3,(H,14,19)(H,15,18)(H,16,17). The van der Waals surface area contributed by atoms with Crippen molar-refractivity contribution in [2.75, 3.05) is 12.3 Å². The first-order valence-electron chi connectivity index (χ1n) is 6.40. The second-order valence-corrected chi connectivity index (χ2v) is 5.08. The summed E-state index contributed by atoms with van der Waals surface area (Å²) in [4.78, 5) is 23.3. The fourth-order valence-electron chi connectivity index (χ4n) is 1.73. The van der Waals surface area contributed by atoms with Crippen LogP contribution in [-0.4, -0.2) is 34.6 Å². The summed E-state index contributed by atoms with van der Waals surface area (Å²) in [5.74, 6) is -0.465. The number of aromatic nitrogens is 2. The van der Waals surface area contributed by atoms with Crippen LogP contribution in [0.3, 0.4) is 0 Å². The van der Waals surface area contributed by atoms with Crippen LogP contribution in [0, 0.1) is 0 Å². The summed E-state index contributed by atoms with van der Waals surface area (Å²) in [6.45, 7) is 3.85. The molecule has 0 aromatic carbocycles.